The van der Waals surface area contributed by atoms with Crippen molar-refractivity contribution in [1.82, 2.24) is 0 Å². The molecule has 2 rings (SSSR count). The molecule has 0 aliphatic heterocycles. The predicted molar refractivity (Wildman–Crippen MR) is 85.5 cm³/mol. The zero-order valence-electron chi connectivity index (χ0n) is 11.0. The largest absolute Gasteiger partial charge is 0.106 e. The van der Waals surface area contributed by atoms with E-state index in [1.165, 1.54) is 5.56 Å². The highest BCUT2D eigenvalue weighted by Crippen LogP contribution is 1.97. The minimum atomic E-state index is 1.17. The molecule has 0 heteroatoms. The fourth-order valence-corrected chi connectivity index (χ4v) is 0.974. The second-order valence-corrected chi connectivity index (χ2v) is 2.77. The van der Waals surface area contributed by atoms with Crippen LogP contribution in [-0.2, 0) is 0 Å². The molecule has 0 saturated carbocycles. The summed E-state index contributed by atoms with van der Waals surface area (Å²) in [4.78, 5) is 0. The van der Waals surface area contributed by atoms with Crippen LogP contribution in [0.1, 0.15) is 5.56 Å². The molecule has 0 saturated heterocycles. The standard InChI is InChI=1S/C8H8.C6H6.2C2H4/c1-2-8-6-4-3-5-7-8;1-2-4-6-5-3-1;2*1-2/h2-7H,1H2;1-6H;2*1-2H2. The van der Waals surface area contributed by atoms with Crippen LogP contribution in [0.5, 0.6) is 0 Å². The van der Waals surface area contributed by atoms with Crippen LogP contribution in [0.3, 0.4) is 0 Å². The normalized spacial score (nSPS) is 6.89. The highest BCUT2D eigenvalue weighted by Gasteiger charge is 1.75. The van der Waals surface area contributed by atoms with Crippen molar-refractivity contribution in [3.63, 3.8) is 0 Å². The molecule has 0 unspecified atom stereocenters. The summed E-state index contributed by atoms with van der Waals surface area (Å²) < 4.78 is 0. The summed E-state index contributed by atoms with van der Waals surface area (Å²) in [7, 11) is 0. The van der Waals surface area contributed by atoms with Crippen LogP contribution in [0.2, 0.25) is 0 Å². The molecule has 0 nitrogen and oxygen atoms in total. The lowest BCUT2D eigenvalue weighted by atomic mass is 10.2. The highest BCUT2D eigenvalue weighted by molar-refractivity contribution is 5.45. The monoisotopic (exact) mass is 238 g/mol. The van der Waals surface area contributed by atoms with E-state index >= 15 is 0 Å². The van der Waals surface area contributed by atoms with Crippen molar-refractivity contribution < 1.29 is 0 Å². The van der Waals surface area contributed by atoms with Crippen molar-refractivity contribution in [2.75, 3.05) is 0 Å². The first-order chi connectivity index (χ1) is 8.93. The van der Waals surface area contributed by atoms with E-state index in [2.05, 4.69) is 32.9 Å². The van der Waals surface area contributed by atoms with Gasteiger partial charge >= 0.3 is 0 Å². The molecule has 18 heavy (non-hydrogen) atoms. The molecule has 0 spiro atoms. The molecule has 2 aromatic carbocycles. The molecule has 94 valence electrons. The smallest absolute Gasteiger partial charge is 0.0263 e. The van der Waals surface area contributed by atoms with Crippen LogP contribution in [0.15, 0.2) is 99.6 Å². The molecule has 0 amide bonds. The van der Waals surface area contributed by atoms with E-state index in [4.69, 9.17) is 0 Å². The van der Waals surface area contributed by atoms with E-state index in [0.29, 0.717) is 0 Å². The van der Waals surface area contributed by atoms with Gasteiger partial charge in [-0.25, -0.2) is 0 Å². The summed E-state index contributed by atoms with van der Waals surface area (Å²) in [6, 6.07) is 22.0. The quantitative estimate of drug-likeness (QED) is 0.565. The van der Waals surface area contributed by atoms with Gasteiger partial charge in [0.2, 0.25) is 0 Å². The van der Waals surface area contributed by atoms with Crippen molar-refractivity contribution in [1.29, 1.82) is 0 Å². The maximum absolute atomic E-state index is 3.63. The molecule has 0 N–H and O–H groups in total. The van der Waals surface area contributed by atoms with Crippen molar-refractivity contribution in [3.8, 4) is 0 Å². The summed E-state index contributed by atoms with van der Waals surface area (Å²) in [6.45, 7) is 15.6. The maximum atomic E-state index is 3.63. The first-order valence-electron chi connectivity index (χ1n) is 5.61. The van der Waals surface area contributed by atoms with Crippen LogP contribution >= 0.6 is 0 Å². The van der Waals surface area contributed by atoms with E-state index in [1.807, 2.05) is 72.8 Å². The molecule has 0 aliphatic rings. The summed E-state index contributed by atoms with van der Waals surface area (Å²) in [5, 5.41) is 0. The number of rotatable bonds is 1. The summed E-state index contributed by atoms with van der Waals surface area (Å²) >= 11 is 0. The SMILES string of the molecule is C=C.C=C.C=Cc1ccccc1.c1ccccc1. The van der Waals surface area contributed by atoms with Crippen molar-refractivity contribution in [2.45, 2.75) is 0 Å². The second-order valence-electron chi connectivity index (χ2n) is 2.77. The van der Waals surface area contributed by atoms with Gasteiger partial charge in [-0.05, 0) is 5.56 Å². The summed E-state index contributed by atoms with van der Waals surface area (Å²) in [5.74, 6) is 0. The van der Waals surface area contributed by atoms with Gasteiger partial charge in [0.1, 0.15) is 0 Å². The van der Waals surface area contributed by atoms with Crippen LogP contribution in [0, 0.1) is 0 Å². The molecule has 0 aliphatic carbocycles. The molecular formula is C18H22. The van der Waals surface area contributed by atoms with Gasteiger partial charge in [0.05, 0.1) is 0 Å². The fraction of sp³-hybridized carbons (Fsp3) is 0. The third-order valence-electron chi connectivity index (χ3n) is 1.70. The molecule has 0 fully saturated rings. The Morgan fingerprint density at radius 3 is 1.06 bits per heavy atom. The summed E-state index contributed by atoms with van der Waals surface area (Å²) in [5.41, 5.74) is 1.17. The number of hydrogen-bond donors (Lipinski definition) is 0. The van der Waals surface area contributed by atoms with Gasteiger partial charge in [-0.15, -0.1) is 26.3 Å². The zero-order chi connectivity index (χ0) is 14.1. The molecule has 0 atom stereocenters. The Kier molecular flexibility index (Phi) is 17.1. The van der Waals surface area contributed by atoms with E-state index in [0.717, 1.165) is 0 Å². The lowest BCUT2D eigenvalue weighted by molar-refractivity contribution is 1.67. The molecule has 0 aromatic heterocycles. The van der Waals surface area contributed by atoms with E-state index in [9.17, 15) is 0 Å². The minimum Gasteiger partial charge on any atom is -0.106 e. The molecule has 0 radical (unpaired) electrons. The minimum absolute atomic E-state index is 1.17. The Bertz CT molecular complexity index is 333. The third-order valence-corrected chi connectivity index (χ3v) is 1.70. The Hall–Kier alpha value is -2.34. The molecule has 2 aromatic rings. The first kappa shape index (κ1) is 18.0. The third kappa shape index (κ3) is 11.7. The predicted octanol–water partition coefficient (Wildman–Crippen LogP) is 5.62. The van der Waals surface area contributed by atoms with E-state index < -0.39 is 0 Å². The topological polar surface area (TPSA) is 0 Å². The lowest BCUT2D eigenvalue weighted by Crippen LogP contribution is -1.63. The van der Waals surface area contributed by atoms with Gasteiger partial charge in [-0.3, -0.25) is 0 Å². The van der Waals surface area contributed by atoms with Crippen molar-refractivity contribution in [2.24, 2.45) is 0 Å². The van der Waals surface area contributed by atoms with Crippen LogP contribution < -0.4 is 0 Å². The van der Waals surface area contributed by atoms with Gasteiger partial charge in [0.15, 0.2) is 0 Å². The van der Waals surface area contributed by atoms with Gasteiger partial charge < -0.3 is 0 Å². The van der Waals surface area contributed by atoms with Crippen molar-refractivity contribution >= 4 is 6.08 Å². The molecule has 0 bridgehead atoms. The Morgan fingerprint density at radius 2 is 0.833 bits per heavy atom. The van der Waals surface area contributed by atoms with Gasteiger partial charge in [-0.2, -0.15) is 0 Å². The first-order valence-corrected chi connectivity index (χ1v) is 5.61. The average molecular weight is 238 g/mol. The molecular weight excluding hydrogens is 216 g/mol. The van der Waals surface area contributed by atoms with Gasteiger partial charge in [-0.1, -0.05) is 79.4 Å². The Morgan fingerprint density at radius 1 is 0.556 bits per heavy atom. The highest BCUT2D eigenvalue weighted by atomic mass is 13.8. The number of hydrogen-bond acceptors (Lipinski definition) is 0. The lowest BCUT2D eigenvalue weighted by Gasteiger charge is -1.85. The average Bonchev–Trinajstić information content (AvgIpc) is 2.54. The fourth-order valence-electron chi connectivity index (χ4n) is 0.974. The second kappa shape index (κ2) is 17.1. The van der Waals surface area contributed by atoms with Crippen LogP contribution in [0.4, 0.5) is 0 Å². The van der Waals surface area contributed by atoms with Gasteiger partial charge in [0.25, 0.3) is 0 Å². The van der Waals surface area contributed by atoms with Crippen LogP contribution in [-0.4, -0.2) is 0 Å². The summed E-state index contributed by atoms with van der Waals surface area (Å²) in [6.07, 6.45) is 1.83. The number of benzene rings is 2. The zero-order valence-corrected chi connectivity index (χ0v) is 11.0. The van der Waals surface area contributed by atoms with Crippen molar-refractivity contribution in [3.05, 3.63) is 105 Å². The maximum Gasteiger partial charge on any atom is -0.0263 e. The Balaban J connectivity index is 0. The van der Waals surface area contributed by atoms with E-state index in [1.54, 1.807) is 0 Å². The Labute approximate surface area is 112 Å². The molecule has 0 heterocycles. The van der Waals surface area contributed by atoms with Crippen LogP contribution in [0.25, 0.3) is 6.08 Å². The van der Waals surface area contributed by atoms with E-state index in [-0.39, 0.29) is 0 Å². The van der Waals surface area contributed by atoms with Gasteiger partial charge in [0, 0.05) is 0 Å².